The van der Waals surface area contributed by atoms with E-state index in [0.29, 0.717) is 31.7 Å². The molecule has 9 nitrogen and oxygen atoms in total. The van der Waals surface area contributed by atoms with E-state index in [0.717, 1.165) is 21.1 Å². The second-order valence-corrected chi connectivity index (χ2v) is 8.83. The smallest absolute Gasteiger partial charge is 0.415 e. The molecule has 170 valence electrons. The van der Waals surface area contributed by atoms with Gasteiger partial charge in [-0.05, 0) is 25.0 Å². The molecular formula is C18H22F3N5O4S. The lowest BCUT2D eigenvalue weighted by Gasteiger charge is -2.60. The highest BCUT2D eigenvalue weighted by Crippen LogP contribution is 2.51. The summed E-state index contributed by atoms with van der Waals surface area (Å²) in [7, 11) is 1.58. The van der Waals surface area contributed by atoms with Crippen molar-refractivity contribution in [3.63, 3.8) is 0 Å². The first kappa shape index (κ1) is 22.1. The fourth-order valence-electron chi connectivity index (χ4n) is 4.28. The van der Waals surface area contributed by atoms with Gasteiger partial charge in [0.25, 0.3) is 0 Å². The predicted octanol–water partition coefficient (Wildman–Crippen LogP) is 1.47. The molecule has 3 N–H and O–H groups in total. The molecule has 2 atom stereocenters. The molecule has 13 heteroatoms. The van der Waals surface area contributed by atoms with Crippen LogP contribution < -0.4 is 15.1 Å². The van der Waals surface area contributed by atoms with Gasteiger partial charge < -0.3 is 14.7 Å². The molecule has 1 saturated carbocycles. The fraction of sp³-hybridized carbons (Fsp3) is 0.556. The number of fused-ring (bicyclic) bond motifs is 1. The van der Waals surface area contributed by atoms with E-state index in [1.807, 2.05) is 18.2 Å². The van der Waals surface area contributed by atoms with Gasteiger partial charge in [0.15, 0.2) is 6.10 Å². The molecule has 1 aliphatic carbocycles. The number of anilines is 1. The summed E-state index contributed by atoms with van der Waals surface area (Å²) < 4.78 is 64.5. The van der Waals surface area contributed by atoms with Crippen LogP contribution in [-0.4, -0.2) is 73.3 Å². The first-order chi connectivity index (χ1) is 14.6. The van der Waals surface area contributed by atoms with E-state index in [2.05, 4.69) is 20.3 Å². The first-order valence-electron chi connectivity index (χ1n) is 9.54. The second kappa shape index (κ2) is 8.13. The number of aromatic nitrogens is 2. The summed E-state index contributed by atoms with van der Waals surface area (Å²) >= 11 is -2.51. The number of hydrogen-bond donors (Lipinski definition) is 3. The van der Waals surface area contributed by atoms with Crippen molar-refractivity contribution < 1.29 is 31.8 Å². The molecule has 1 saturated heterocycles. The van der Waals surface area contributed by atoms with E-state index < -0.39 is 36.1 Å². The molecule has 0 bridgehead atoms. The Labute approximate surface area is 178 Å². The van der Waals surface area contributed by atoms with Gasteiger partial charge in [-0.3, -0.25) is 4.55 Å². The van der Waals surface area contributed by atoms with Crippen molar-refractivity contribution in [3.8, 4) is 5.75 Å². The summed E-state index contributed by atoms with van der Waals surface area (Å²) in [5, 5.41) is 9.99. The third-order valence-corrected chi connectivity index (χ3v) is 6.59. The third kappa shape index (κ3) is 4.32. The van der Waals surface area contributed by atoms with Gasteiger partial charge in [0.1, 0.15) is 17.9 Å². The van der Waals surface area contributed by atoms with Gasteiger partial charge in [-0.1, -0.05) is 0 Å². The van der Waals surface area contributed by atoms with Crippen LogP contribution in [-0.2, 0) is 11.3 Å². The minimum absolute atomic E-state index is 0.0870. The van der Waals surface area contributed by atoms with E-state index in [1.54, 1.807) is 7.11 Å². The average molecular weight is 461 g/mol. The highest BCUT2D eigenvalue weighted by Gasteiger charge is 2.55. The van der Waals surface area contributed by atoms with Crippen LogP contribution in [0.15, 0.2) is 24.5 Å². The molecule has 2 unspecified atom stereocenters. The van der Waals surface area contributed by atoms with Gasteiger partial charge in [-0.25, -0.2) is 19.6 Å². The zero-order chi connectivity index (χ0) is 22.4. The Kier molecular flexibility index (Phi) is 5.81. The highest BCUT2D eigenvalue weighted by molar-refractivity contribution is 7.76. The van der Waals surface area contributed by atoms with Gasteiger partial charge >= 0.3 is 6.18 Å². The predicted molar refractivity (Wildman–Crippen MR) is 106 cm³/mol. The highest BCUT2D eigenvalue weighted by atomic mass is 32.2. The van der Waals surface area contributed by atoms with Crippen LogP contribution >= 0.6 is 0 Å². The molecule has 1 spiro atoms. The lowest BCUT2D eigenvalue weighted by molar-refractivity contribution is -0.204. The Balaban J connectivity index is 1.37. The van der Waals surface area contributed by atoms with E-state index in [1.165, 1.54) is 6.33 Å². The molecule has 1 aromatic heterocycles. The van der Waals surface area contributed by atoms with Gasteiger partial charge in [0.2, 0.25) is 11.3 Å². The molecule has 2 aliphatic rings. The molecule has 1 aromatic carbocycles. The Hall–Kier alpha value is -2.06. The summed E-state index contributed by atoms with van der Waals surface area (Å²) in [5.74, 6) is 1.48. The topological polar surface area (TPSA) is 111 Å². The monoisotopic (exact) mass is 461 g/mol. The Morgan fingerprint density at radius 1 is 1.39 bits per heavy atom. The summed E-state index contributed by atoms with van der Waals surface area (Å²) in [6.45, 7) is 0.471. The van der Waals surface area contributed by atoms with Crippen molar-refractivity contribution in [1.82, 2.24) is 19.8 Å². The number of halogens is 3. The Morgan fingerprint density at radius 3 is 2.71 bits per heavy atom. The summed E-state index contributed by atoms with van der Waals surface area (Å²) in [5.41, 5.74) is 2.93. The van der Waals surface area contributed by atoms with Gasteiger partial charge in [0, 0.05) is 42.5 Å². The van der Waals surface area contributed by atoms with Crippen LogP contribution in [0.2, 0.25) is 0 Å². The van der Waals surface area contributed by atoms with Crippen LogP contribution in [0, 0.1) is 5.41 Å². The SMILES string of the molecule is COc1ccc2c(N3CC4(CC(N(NCC(O)C(F)(F)F)S(=O)O)C4)C3)ncnc2c1. The van der Waals surface area contributed by atoms with Gasteiger partial charge in [-0.15, -0.1) is 4.41 Å². The second-order valence-electron chi connectivity index (χ2n) is 7.97. The van der Waals surface area contributed by atoms with Crippen LogP contribution in [0.25, 0.3) is 10.9 Å². The number of methoxy groups -OCH3 is 1. The first-order valence-corrected chi connectivity index (χ1v) is 10.6. The Morgan fingerprint density at radius 2 is 2.10 bits per heavy atom. The normalized spacial score (nSPS) is 20.5. The summed E-state index contributed by atoms with van der Waals surface area (Å²) in [6, 6.07) is 5.15. The lowest BCUT2D eigenvalue weighted by atomic mass is 9.61. The molecule has 0 radical (unpaired) electrons. The molecule has 2 heterocycles. The number of nitrogens with one attached hydrogen (secondary N) is 1. The number of alkyl halides is 3. The standard InChI is InChI=1S/C18H22F3N5O4S/c1-30-12-2-3-13-14(4-12)22-10-23-16(13)25-8-17(9-25)5-11(6-17)26(31(28)29)24-7-15(27)18(19,20)21/h2-4,10-11,15,24,27H,5-9H2,1H3,(H,28,29). The minimum Gasteiger partial charge on any atom is -0.497 e. The number of benzene rings is 1. The number of ether oxygens (including phenoxy) is 1. The van der Waals surface area contributed by atoms with Crippen molar-refractivity contribution in [2.45, 2.75) is 31.2 Å². The number of aliphatic hydroxyl groups is 1. The number of nitrogens with zero attached hydrogens (tertiary/aromatic N) is 4. The van der Waals surface area contributed by atoms with Crippen LogP contribution in [0.3, 0.4) is 0 Å². The Bertz CT molecular complexity index is 980. The molecule has 0 amide bonds. The van der Waals surface area contributed by atoms with E-state index in [4.69, 9.17) is 9.84 Å². The lowest BCUT2D eigenvalue weighted by Crippen LogP contribution is -2.68. The molecule has 1 aliphatic heterocycles. The quantitative estimate of drug-likeness (QED) is 0.420. The number of hydrazine groups is 1. The maximum Gasteiger partial charge on any atom is 0.415 e. The molecular weight excluding hydrogens is 439 g/mol. The maximum absolute atomic E-state index is 12.5. The summed E-state index contributed by atoms with van der Waals surface area (Å²) in [6.07, 6.45) is -4.84. The fourth-order valence-corrected chi connectivity index (χ4v) is 4.87. The van der Waals surface area contributed by atoms with Crippen molar-refractivity contribution >= 4 is 28.0 Å². The summed E-state index contributed by atoms with van der Waals surface area (Å²) in [4.78, 5) is 10.8. The minimum atomic E-state index is -4.80. The molecule has 31 heavy (non-hydrogen) atoms. The molecule has 2 fully saturated rings. The van der Waals surface area contributed by atoms with Crippen LogP contribution in [0.4, 0.5) is 19.0 Å². The number of hydrogen-bond acceptors (Lipinski definition) is 7. The van der Waals surface area contributed by atoms with Crippen molar-refractivity contribution in [2.75, 3.05) is 31.6 Å². The molecule has 2 aromatic rings. The van der Waals surface area contributed by atoms with Crippen molar-refractivity contribution in [3.05, 3.63) is 24.5 Å². The van der Waals surface area contributed by atoms with Crippen LogP contribution in [0.5, 0.6) is 5.75 Å². The van der Waals surface area contributed by atoms with E-state index in [9.17, 15) is 21.9 Å². The van der Waals surface area contributed by atoms with E-state index >= 15 is 0 Å². The van der Waals surface area contributed by atoms with Gasteiger partial charge in [0.05, 0.1) is 12.6 Å². The third-order valence-electron chi connectivity index (χ3n) is 5.83. The zero-order valence-corrected chi connectivity index (χ0v) is 17.4. The largest absolute Gasteiger partial charge is 0.497 e. The van der Waals surface area contributed by atoms with Crippen molar-refractivity contribution in [1.29, 1.82) is 0 Å². The number of aliphatic hydroxyl groups excluding tert-OH is 1. The molecule has 4 rings (SSSR count). The number of rotatable bonds is 7. The average Bonchev–Trinajstić information content (AvgIpc) is 2.66. The van der Waals surface area contributed by atoms with Crippen molar-refractivity contribution in [2.24, 2.45) is 5.41 Å². The zero-order valence-electron chi connectivity index (χ0n) is 16.5. The van der Waals surface area contributed by atoms with Crippen LogP contribution in [0.1, 0.15) is 12.8 Å². The van der Waals surface area contributed by atoms with Gasteiger partial charge in [-0.2, -0.15) is 13.2 Å². The maximum atomic E-state index is 12.5. The van der Waals surface area contributed by atoms with E-state index in [-0.39, 0.29) is 5.41 Å².